The van der Waals surface area contributed by atoms with Gasteiger partial charge in [0.05, 0.1) is 25.8 Å². The highest BCUT2D eigenvalue weighted by Gasteiger charge is 2.13. The molecule has 5 nitrogen and oxygen atoms in total. The number of ether oxygens (including phenoxy) is 2. The molecule has 0 bridgehead atoms. The van der Waals surface area contributed by atoms with Crippen molar-refractivity contribution in [3.63, 3.8) is 0 Å². The van der Waals surface area contributed by atoms with Crippen LogP contribution in [0.4, 0.5) is 0 Å². The van der Waals surface area contributed by atoms with Crippen LogP contribution in [0.25, 0.3) is 0 Å². The smallest absolute Gasteiger partial charge is 0.141 e. The SMILES string of the molecule is CCn1ccnc1CN(C)Cc1cc(Cl)c(OC)cc1OC. The molecule has 1 heterocycles. The summed E-state index contributed by atoms with van der Waals surface area (Å²) in [7, 11) is 5.29. The first kappa shape index (κ1) is 16.6. The highest BCUT2D eigenvalue weighted by atomic mass is 35.5. The molecular formula is C16H22ClN3O2. The van der Waals surface area contributed by atoms with E-state index in [9.17, 15) is 0 Å². The Morgan fingerprint density at radius 1 is 1.18 bits per heavy atom. The summed E-state index contributed by atoms with van der Waals surface area (Å²) in [5, 5.41) is 0.585. The average Bonchev–Trinajstić information content (AvgIpc) is 2.94. The fraction of sp³-hybridized carbons (Fsp3) is 0.438. The molecule has 22 heavy (non-hydrogen) atoms. The molecule has 0 aliphatic carbocycles. The molecule has 0 unspecified atom stereocenters. The van der Waals surface area contributed by atoms with Crippen molar-refractivity contribution < 1.29 is 9.47 Å². The zero-order chi connectivity index (χ0) is 16.1. The van der Waals surface area contributed by atoms with Crippen LogP contribution >= 0.6 is 11.6 Å². The third-order valence-corrected chi connectivity index (χ3v) is 3.84. The summed E-state index contributed by atoms with van der Waals surface area (Å²) in [6.45, 7) is 4.50. The van der Waals surface area contributed by atoms with E-state index in [0.717, 1.165) is 30.2 Å². The van der Waals surface area contributed by atoms with Crippen molar-refractivity contribution >= 4 is 11.6 Å². The predicted octanol–water partition coefficient (Wildman–Crippen LogP) is 3.21. The topological polar surface area (TPSA) is 39.5 Å². The largest absolute Gasteiger partial charge is 0.496 e. The summed E-state index contributed by atoms with van der Waals surface area (Å²) in [6.07, 6.45) is 3.82. The quantitative estimate of drug-likeness (QED) is 0.784. The van der Waals surface area contributed by atoms with Gasteiger partial charge in [0.1, 0.15) is 17.3 Å². The van der Waals surface area contributed by atoms with Crippen LogP contribution in [0.15, 0.2) is 24.5 Å². The molecule has 0 spiro atoms. The van der Waals surface area contributed by atoms with E-state index in [2.05, 4.69) is 21.4 Å². The number of rotatable bonds is 7. The van der Waals surface area contributed by atoms with Gasteiger partial charge in [-0.15, -0.1) is 0 Å². The molecule has 0 atom stereocenters. The minimum atomic E-state index is 0.585. The van der Waals surface area contributed by atoms with Gasteiger partial charge in [0.2, 0.25) is 0 Å². The van der Waals surface area contributed by atoms with E-state index in [-0.39, 0.29) is 0 Å². The maximum Gasteiger partial charge on any atom is 0.141 e. The van der Waals surface area contributed by atoms with Crippen LogP contribution in [0.2, 0.25) is 5.02 Å². The van der Waals surface area contributed by atoms with Crippen molar-refractivity contribution in [3.05, 3.63) is 40.9 Å². The number of methoxy groups -OCH3 is 2. The molecule has 1 aromatic carbocycles. The maximum atomic E-state index is 6.22. The number of nitrogens with zero attached hydrogens (tertiary/aromatic N) is 3. The van der Waals surface area contributed by atoms with E-state index in [1.54, 1.807) is 14.2 Å². The second kappa shape index (κ2) is 7.51. The molecule has 2 aromatic rings. The molecular weight excluding hydrogens is 302 g/mol. The fourth-order valence-corrected chi connectivity index (χ4v) is 2.68. The summed E-state index contributed by atoms with van der Waals surface area (Å²) < 4.78 is 12.8. The number of hydrogen-bond acceptors (Lipinski definition) is 4. The Bertz CT molecular complexity index is 628. The second-order valence-corrected chi connectivity index (χ2v) is 5.51. The highest BCUT2D eigenvalue weighted by molar-refractivity contribution is 6.32. The van der Waals surface area contributed by atoms with Crippen molar-refractivity contribution in [1.29, 1.82) is 0 Å². The van der Waals surface area contributed by atoms with Gasteiger partial charge in [-0.05, 0) is 20.0 Å². The summed E-state index contributed by atoms with van der Waals surface area (Å²) in [4.78, 5) is 6.58. The Hall–Kier alpha value is -1.72. The molecule has 0 aliphatic heterocycles. The van der Waals surface area contributed by atoms with E-state index >= 15 is 0 Å². The Morgan fingerprint density at radius 2 is 1.91 bits per heavy atom. The highest BCUT2D eigenvalue weighted by Crippen LogP contribution is 2.33. The first-order valence-corrected chi connectivity index (χ1v) is 7.55. The monoisotopic (exact) mass is 323 g/mol. The van der Waals surface area contributed by atoms with Gasteiger partial charge in [0.15, 0.2) is 0 Å². The zero-order valence-electron chi connectivity index (χ0n) is 13.5. The lowest BCUT2D eigenvalue weighted by atomic mass is 10.1. The van der Waals surface area contributed by atoms with E-state index < -0.39 is 0 Å². The minimum absolute atomic E-state index is 0.585. The van der Waals surface area contributed by atoms with Gasteiger partial charge in [-0.25, -0.2) is 4.98 Å². The molecule has 6 heteroatoms. The minimum Gasteiger partial charge on any atom is -0.496 e. The lowest BCUT2D eigenvalue weighted by Gasteiger charge is -2.19. The summed E-state index contributed by atoms with van der Waals surface area (Å²) in [5.41, 5.74) is 1.02. The number of imidazole rings is 1. The zero-order valence-corrected chi connectivity index (χ0v) is 14.2. The number of halogens is 1. The molecule has 2 rings (SSSR count). The van der Waals surface area contributed by atoms with Crippen LogP contribution < -0.4 is 9.47 Å². The van der Waals surface area contributed by atoms with Gasteiger partial charge in [0, 0.05) is 37.1 Å². The van der Waals surface area contributed by atoms with Gasteiger partial charge in [-0.2, -0.15) is 0 Å². The third-order valence-electron chi connectivity index (χ3n) is 3.55. The molecule has 0 amide bonds. The molecule has 0 N–H and O–H groups in total. The normalized spacial score (nSPS) is 11.0. The van der Waals surface area contributed by atoms with Crippen molar-refractivity contribution in [1.82, 2.24) is 14.5 Å². The number of hydrogen-bond donors (Lipinski definition) is 0. The average molecular weight is 324 g/mol. The molecule has 0 fully saturated rings. The van der Waals surface area contributed by atoms with Crippen molar-refractivity contribution in [2.75, 3.05) is 21.3 Å². The van der Waals surface area contributed by atoms with Crippen molar-refractivity contribution in [3.8, 4) is 11.5 Å². The summed E-state index contributed by atoms with van der Waals surface area (Å²) >= 11 is 6.22. The Labute approximate surface area is 136 Å². The fourth-order valence-electron chi connectivity index (χ4n) is 2.41. The number of benzene rings is 1. The molecule has 0 saturated heterocycles. The molecule has 1 aromatic heterocycles. The van der Waals surface area contributed by atoms with E-state index in [0.29, 0.717) is 17.3 Å². The first-order chi connectivity index (χ1) is 10.6. The van der Waals surface area contributed by atoms with Gasteiger partial charge in [-0.1, -0.05) is 11.6 Å². The number of aromatic nitrogens is 2. The Morgan fingerprint density at radius 3 is 2.55 bits per heavy atom. The van der Waals surface area contributed by atoms with Gasteiger partial charge >= 0.3 is 0 Å². The number of aryl methyl sites for hydroxylation is 1. The standard InChI is InChI=1S/C16H22ClN3O2/c1-5-20-7-6-18-16(20)11-19(2)10-12-8-13(17)15(22-4)9-14(12)21-3/h6-9H,5,10-11H2,1-4H3. The second-order valence-electron chi connectivity index (χ2n) is 5.10. The predicted molar refractivity (Wildman–Crippen MR) is 87.6 cm³/mol. The van der Waals surface area contributed by atoms with Gasteiger partial charge in [0.25, 0.3) is 0 Å². The maximum absolute atomic E-state index is 6.22. The Kier molecular flexibility index (Phi) is 5.69. The summed E-state index contributed by atoms with van der Waals surface area (Å²) in [5.74, 6) is 2.43. The van der Waals surface area contributed by atoms with Crippen LogP contribution in [0.1, 0.15) is 18.3 Å². The summed E-state index contributed by atoms with van der Waals surface area (Å²) in [6, 6.07) is 3.71. The Balaban J connectivity index is 2.14. The van der Waals surface area contributed by atoms with Crippen LogP contribution in [-0.2, 0) is 19.6 Å². The van der Waals surface area contributed by atoms with Crippen LogP contribution in [0, 0.1) is 0 Å². The molecule has 0 saturated carbocycles. The third kappa shape index (κ3) is 3.72. The lowest BCUT2D eigenvalue weighted by molar-refractivity contribution is 0.297. The lowest BCUT2D eigenvalue weighted by Crippen LogP contribution is -2.20. The first-order valence-electron chi connectivity index (χ1n) is 7.18. The van der Waals surface area contributed by atoms with Crippen molar-refractivity contribution in [2.45, 2.75) is 26.6 Å². The van der Waals surface area contributed by atoms with Crippen LogP contribution in [-0.4, -0.2) is 35.7 Å². The van der Waals surface area contributed by atoms with E-state index in [4.69, 9.17) is 21.1 Å². The van der Waals surface area contributed by atoms with Crippen LogP contribution in [0.5, 0.6) is 11.5 Å². The van der Waals surface area contributed by atoms with Crippen molar-refractivity contribution in [2.24, 2.45) is 0 Å². The van der Waals surface area contributed by atoms with Gasteiger partial charge < -0.3 is 14.0 Å². The van der Waals surface area contributed by atoms with E-state index in [1.807, 2.05) is 31.6 Å². The van der Waals surface area contributed by atoms with E-state index in [1.165, 1.54) is 0 Å². The molecule has 0 radical (unpaired) electrons. The molecule has 120 valence electrons. The molecule has 0 aliphatic rings. The van der Waals surface area contributed by atoms with Gasteiger partial charge in [-0.3, -0.25) is 4.90 Å². The van der Waals surface area contributed by atoms with Crippen LogP contribution in [0.3, 0.4) is 0 Å².